The van der Waals surface area contributed by atoms with Crippen LogP contribution in [0.25, 0.3) is 16.9 Å². The van der Waals surface area contributed by atoms with Crippen molar-refractivity contribution in [3.8, 4) is 22.7 Å². The van der Waals surface area contributed by atoms with Crippen LogP contribution in [0, 0.1) is 5.92 Å². The molecule has 0 radical (unpaired) electrons. The molecule has 5 nitrogen and oxygen atoms in total. The van der Waals surface area contributed by atoms with Gasteiger partial charge in [-0.1, -0.05) is 24.6 Å². The summed E-state index contributed by atoms with van der Waals surface area (Å²) < 4.78 is 7.34. The van der Waals surface area contributed by atoms with Crippen molar-refractivity contribution in [2.45, 2.75) is 19.8 Å². The standard InChI is InChI=1S/C24H26ClN3O2/c1-16(14-27(2)3)15-30-21-10-8-20(9-11-21)28-23(29)12-18-5-4-17-6-7-19(25)13-22(17)24(18)26-28/h6-13,16H,4-5,14-15H2,1-3H3. The van der Waals surface area contributed by atoms with Crippen LogP contribution in [0.3, 0.4) is 0 Å². The van der Waals surface area contributed by atoms with E-state index in [9.17, 15) is 4.79 Å². The number of rotatable bonds is 6. The second-order valence-corrected chi connectivity index (χ2v) is 8.68. The molecule has 0 saturated carbocycles. The Hall–Kier alpha value is -2.63. The van der Waals surface area contributed by atoms with E-state index in [0.717, 1.165) is 42.0 Å². The fraction of sp³-hybridized carbons (Fsp3) is 0.333. The molecule has 0 fully saturated rings. The van der Waals surface area contributed by atoms with Crippen molar-refractivity contribution in [3.63, 3.8) is 0 Å². The molecule has 0 aliphatic heterocycles. The van der Waals surface area contributed by atoms with Gasteiger partial charge in [-0.2, -0.15) is 9.78 Å². The Morgan fingerprint density at radius 2 is 1.83 bits per heavy atom. The van der Waals surface area contributed by atoms with Crippen LogP contribution in [0.15, 0.2) is 53.3 Å². The van der Waals surface area contributed by atoms with E-state index in [-0.39, 0.29) is 5.56 Å². The molecule has 3 aromatic rings. The molecule has 0 spiro atoms. The van der Waals surface area contributed by atoms with Crippen LogP contribution in [0.1, 0.15) is 18.1 Å². The first-order valence-electron chi connectivity index (χ1n) is 10.2. The van der Waals surface area contributed by atoms with E-state index < -0.39 is 0 Å². The summed E-state index contributed by atoms with van der Waals surface area (Å²) in [6.07, 6.45) is 1.70. The van der Waals surface area contributed by atoms with Crippen LogP contribution >= 0.6 is 11.6 Å². The Balaban J connectivity index is 1.59. The summed E-state index contributed by atoms with van der Waals surface area (Å²) in [7, 11) is 4.11. The van der Waals surface area contributed by atoms with Gasteiger partial charge in [0.15, 0.2) is 0 Å². The second kappa shape index (κ2) is 8.62. The molecule has 6 heteroatoms. The van der Waals surface area contributed by atoms with Crippen LogP contribution in [0.2, 0.25) is 5.02 Å². The third kappa shape index (κ3) is 4.42. The molecular weight excluding hydrogens is 398 g/mol. The van der Waals surface area contributed by atoms with E-state index in [4.69, 9.17) is 21.4 Å². The molecule has 1 aliphatic carbocycles. The fourth-order valence-electron chi connectivity index (χ4n) is 3.95. The van der Waals surface area contributed by atoms with Crippen LogP contribution < -0.4 is 10.3 Å². The van der Waals surface area contributed by atoms with Crippen molar-refractivity contribution in [1.29, 1.82) is 0 Å². The maximum absolute atomic E-state index is 12.7. The molecule has 1 aromatic heterocycles. The first-order valence-corrected chi connectivity index (χ1v) is 10.6. The predicted molar refractivity (Wildman–Crippen MR) is 121 cm³/mol. The highest BCUT2D eigenvalue weighted by Crippen LogP contribution is 2.33. The summed E-state index contributed by atoms with van der Waals surface area (Å²) in [6.45, 7) is 3.78. The largest absolute Gasteiger partial charge is 0.493 e. The summed E-state index contributed by atoms with van der Waals surface area (Å²) in [4.78, 5) is 14.9. The van der Waals surface area contributed by atoms with E-state index in [2.05, 4.69) is 25.9 Å². The Morgan fingerprint density at radius 3 is 2.57 bits per heavy atom. The molecule has 1 atom stereocenters. The lowest BCUT2D eigenvalue weighted by molar-refractivity contribution is 0.222. The third-order valence-electron chi connectivity index (χ3n) is 5.29. The van der Waals surface area contributed by atoms with Crippen molar-refractivity contribution in [2.24, 2.45) is 5.92 Å². The zero-order chi connectivity index (χ0) is 21.3. The Kier molecular flexibility index (Phi) is 5.93. The Bertz CT molecular complexity index is 1110. The van der Waals surface area contributed by atoms with E-state index in [1.54, 1.807) is 6.07 Å². The summed E-state index contributed by atoms with van der Waals surface area (Å²) in [5.41, 5.74) is 4.60. The van der Waals surface area contributed by atoms with Gasteiger partial charge in [0.1, 0.15) is 5.75 Å². The average molecular weight is 424 g/mol. The minimum atomic E-state index is -0.132. The van der Waals surface area contributed by atoms with Crippen molar-refractivity contribution in [1.82, 2.24) is 14.7 Å². The number of halogens is 1. The number of aromatic nitrogens is 2. The van der Waals surface area contributed by atoms with Gasteiger partial charge in [0.05, 0.1) is 18.0 Å². The highest BCUT2D eigenvalue weighted by molar-refractivity contribution is 6.30. The van der Waals surface area contributed by atoms with Crippen LogP contribution in [-0.2, 0) is 12.8 Å². The minimum Gasteiger partial charge on any atom is -0.493 e. The monoisotopic (exact) mass is 423 g/mol. The molecule has 1 heterocycles. The molecule has 30 heavy (non-hydrogen) atoms. The molecule has 0 N–H and O–H groups in total. The zero-order valence-corrected chi connectivity index (χ0v) is 18.3. The van der Waals surface area contributed by atoms with Gasteiger partial charge in [0.25, 0.3) is 5.56 Å². The maximum atomic E-state index is 12.7. The van der Waals surface area contributed by atoms with Gasteiger partial charge in [-0.15, -0.1) is 0 Å². The zero-order valence-electron chi connectivity index (χ0n) is 17.6. The van der Waals surface area contributed by atoms with Crippen molar-refractivity contribution < 1.29 is 4.74 Å². The molecule has 0 saturated heterocycles. The smallest absolute Gasteiger partial charge is 0.271 e. The third-order valence-corrected chi connectivity index (χ3v) is 5.53. The van der Waals surface area contributed by atoms with Crippen molar-refractivity contribution >= 4 is 11.6 Å². The Labute approximate surface area is 181 Å². The molecule has 0 amide bonds. The van der Waals surface area contributed by atoms with Gasteiger partial charge in [0, 0.05) is 29.1 Å². The summed E-state index contributed by atoms with van der Waals surface area (Å²) >= 11 is 6.22. The van der Waals surface area contributed by atoms with E-state index in [1.807, 2.05) is 42.5 Å². The van der Waals surface area contributed by atoms with Crippen LogP contribution in [-0.4, -0.2) is 41.9 Å². The minimum absolute atomic E-state index is 0.132. The highest BCUT2D eigenvalue weighted by Gasteiger charge is 2.20. The maximum Gasteiger partial charge on any atom is 0.271 e. The van der Waals surface area contributed by atoms with Crippen LogP contribution in [0.5, 0.6) is 5.75 Å². The van der Waals surface area contributed by atoms with Gasteiger partial charge < -0.3 is 9.64 Å². The summed E-state index contributed by atoms with van der Waals surface area (Å²) in [5, 5.41) is 5.37. The number of nitrogens with zero attached hydrogens (tertiary/aromatic N) is 3. The molecule has 4 rings (SSSR count). The Morgan fingerprint density at radius 1 is 1.10 bits per heavy atom. The van der Waals surface area contributed by atoms with Crippen LogP contribution in [0.4, 0.5) is 0 Å². The summed E-state index contributed by atoms with van der Waals surface area (Å²) in [6, 6.07) is 15.1. The lowest BCUT2D eigenvalue weighted by Crippen LogP contribution is -2.24. The van der Waals surface area contributed by atoms with Gasteiger partial charge in [-0.05, 0) is 74.5 Å². The van der Waals surface area contributed by atoms with Gasteiger partial charge in [0.2, 0.25) is 0 Å². The number of benzene rings is 2. The first-order chi connectivity index (χ1) is 14.4. The number of fused-ring (bicyclic) bond motifs is 3. The fourth-order valence-corrected chi connectivity index (χ4v) is 4.12. The average Bonchev–Trinajstić information content (AvgIpc) is 2.71. The quantitative estimate of drug-likeness (QED) is 0.595. The lowest BCUT2D eigenvalue weighted by Gasteiger charge is -2.20. The van der Waals surface area contributed by atoms with Gasteiger partial charge in [-0.25, -0.2) is 0 Å². The van der Waals surface area contributed by atoms with E-state index in [1.165, 1.54) is 10.2 Å². The highest BCUT2D eigenvalue weighted by atomic mass is 35.5. The van der Waals surface area contributed by atoms with E-state index >= 15 is 0 Å². The number of ether oxygens (including phenoxy) is 1. The molecule has 2 aromatic carbocycles. The topological polar surface area (TPSA) is 47.4 Å². The van der Waals surface area contributed by atoms with E-state index in [0.29, 0.717) is 23.2 Å². The number of aryl methyl sites for hydroxylation is 2. The lowest BCUT2D eigenvalue weighted by atomic mass is 9.89. The molecule has 1 aliphatic rings. The van der Waals surface area contributed by atoms with Gasteiger partial charge >= 0.3 is 0 Å². The number of hydrogen-bond donors (Lipinski definition) is 0. The molecule has 156 valence electrons. The molecular formula is C24H26ClN3O2. The second-order valence-electron chi connectivity index (χ2n) is 8.24. The molecule has 1 unspecified atom stereocenters. The number of hydrogen-bond acceptors (Lipinski definition) is 4. The van der Waals surface area contributed by atoms with Crippen molar-refractivity contribution in [3.05, 3.63) is 75.0 Å². The SMILES string of the molecule is CC(COc1ccc(-n2nc3c(cc2=O)CCc2ccc(Cl)cc2-3)cc1)CN(C)C. The van der Waals surface area contributed by atoms with Gasteiger partial charge in [-0.3, -0.25) is 4.79 Å². The summed E-state index contributed by atoms with van der Waals surface area (Å²) in [5.74, 6) is 1.21. The predicted octanol–water partition coefficient (Wildman–Crippen LogP) is 4.23. The molecule has 0 bridgehead atoms. The first kappa shape index (κ1) is 20.6. The normalized spacial score (nSPS) is 13.6. The van der Waals surface area contributed by atoms with Crippen molar-refractivity contribution in [2.75, 3.05) is 27.2 Å².